The first kappa shape index (κ1) is 23.3. The van der Waals surface area contributed by atoms with Crippen LogP contribution in [0.15, 0.2) is 73.3 Å². The minimum absolute atomic E-state index is 0.0709. The van der Waals surface area contributed by atoms with Gasteiger partial charge >= 0.3 is 0 Å². The fraction of sp³-hybridized carbons (Fsp3) is 0.148. The Morgan fingerprint density at radius 1 is 1.18 bits per heavy atom. The number of aryl methyl sites for hydroxylation is 1. The highest BCUT2D eigenvalue weighted by molar-refractivity contribution is 5.90. The topological polar surface area (TPSA) is 85.4 Å². The molecule has 0 aliphatic rings. The van der Waals surface area contributed by atoms with Crippen molar-refractivity contribution in [1.82, 2.24) is 0 Å². The molecule has 0 radical (unpaired) electrons. The second-order valence-electron chi connectivity index (χ2n) is 7.46. The summed E-state index contributed by atoms with van der Waals surface area (Å²) in [7, 11) is 1.56. The number of methoxy groups -OCH3 is 1. The lowest BCUT2D eigenvalue weighted by molar-refractivity contribution is -0.384. The van der Waals surface area contributed by atoms with Crippen LogP contribution in [0.5, 0.6) is 11.5 Å². The number of nitro benzene ring substituents is 1. The van der Waals surface area contributed by atoms with Gasteiger partial charge in [-0.15, -0.1) is 6.58 Å². The molecule has 0 aliphatic heterocycles. The smallest absolute Gasteiger partial charge is 0.270 e. The predicted octanol–water partition coefficient (Wildman–Crippen LogP) is 6.28. The summed E-state index contributed by atoms with van der Waals surface area (Å²) in [6, 6.07) is 19.9. The maximum atomic E-state index is 11.1. The van der Waals surface area contributed by atoms with E-state index in [0.717, 1.165) is 16.7 Å². The monoisotopic (exact) mass is 440 g/mol. The van der Waals surface area contributed by atoms with Crippen molar-refractivity contribution < 1.29 is 14.4 Å². The van der Waals surface area contributed by atoms with E-state index in [4.69, 9.17) is 9.47 Å². The predicted molar refractivity (Wildman–Crippen MR) is 129 cm³/mol. The molecule has 0 N–H and O–H groups in total. The molecule has 0 aliphatic carbocycles. The standard InChI is InChI=1S/C27H24N2O4/c1-4-6-23-13-21(14-24(17-28)22-7-5-8-25(16-22)29(30)31)15-26(32-3)27(23)33-18-20-11-9-19(2)10-12-20/h4-5,7-16H,1,6,18H2,2-3H3. The summed E-state index contributed by atoms with van der Waals surface area (Å²) in [5.74, 6) is 1.15. The summed E-state index contributed by atoms with van der Waals surface area (Å²) in [5, 5.41) is 20.8. The Balaban J connectivity index is 1.98. The molecule has 0 heterocycles. The summed E-state index contributed by atoms with van der Waals surface area (Å²) in [5.41, 5.74) is 4.49. The van der Waals surface area contributed by atoms with Crippen molar-refractivity contribution in [3.8, 4) is 17.6 Å². The first-order chi connectivity index (χ1) is 15.9. The lowest BCUT2D eigenvalue weighted by Crippen LogP contribution is -2.02. The molecule has 3 rings (SSSR count). The van der Waals surface area contributed by atoms with E-state index in [1.807, 2.05) is 37.3 Å². The highest BCUT2D eigenvalue weighted by Crippen LogP contribution is 2.35. The highest BCUT2D eigenvalue weighted by atomic mass is 16.6. The summed E-state index contributed by atoms with van der Waals surface area (Å²) in [6.07, 6.45) is 3.99. The second-order valence-corrected chi connectivity index (χ2v) is 7.46. The lowest BCUT2D eigenvalue weighted by atomic mass is 10.0. The van der Waals surface area contributed by atoms with Crippen LogP contribution in [0.2, 0.25) is 0 Å². The van der Waals surface area contributed by atoms with Gasteiger partial charge in [0, 0.05) is 17.7 Å². The number of ether oxygens (including phenoxy) is 2. The molecular weight excluding hydrogens is 416 g/mol. The van der Waals surface area contributed by atoms with Crippen LogP contribution in [0.4, 0.5) is 5.69 Å². The number of hydrogen-bond donors (Lipinski definition) is 0. The van der Waals surface area contributed by atoms with Gasteiger partial charge < -0.3 is 9.47 Å². The van der Waals surface area contributed by atoms with Gasteiger partial charge in [0.25, 0.3) is 5.69 Å². The van der Waals surface area contributed by atoms with Gasteiger partial charge in [-0.3, -0.25) is 10.1 Å². The van der Waals surface area contributed by atoms with Crippen molar-refractivity contribution in [3.05, 3.63) is 111 Å². The number of hydrogen-bond acceptors (Lipinski definition) is 5. The number of non-ortho nitro benzene ring substituents is 1. The van der Waals surface area contributed by atoms with Gasteiger partial charge in [0.2, 0.25) is 0 Å². The average Bonchev–Trinajstić information content (AvgIpc) is 2.82. The minimum Gasteiger partial charge on any atom is -0.493 e. The summed E-state index contributed by atoms with van der Waals surface area (Å²) in [6.45, 7) is 6.25. The van der Waals surface area contributed by atoms with Gasteiger partial charge in [-0.2, -0.15) is 5.26 Å². The van der Waals surface area contributed by atoms with Crippen LogP contribution in [0.25, 0.3) is 11.6 Å². The quantitative estimate of drug-likeness (QED) is 0.128. The molecule has 0 spiro atoms. The summed E-state index contributed by atoms with van der Waals surface area (Å²) in [4.78, 5) is 10.6. The molecule has 3 aromatic carbocycles. The summed E-state index contributed by atoms with van der Waals surface area (Å²) >= 11 is 0. The van der Waals surface area contributed by atoms with Gasteiger partial charge in [0.05, 0.1) is 23.7 Å². The fourth-order valence-electron chi connectivity index (χ4n) is 3.36. The molecule has 0 bridgehead atoms. The molecule has 0 unspecified atom stereocenters. The Kier molecular flexibility index (Phi) is 7.61. The number of allylic oxidation sites excluding steroid dienone is 2. The Morgan fingerprint density at radius 3 is 2.58 bits per heavy atom. The van der Waals surface area contributed by atoms with Gasteiger partial charge in [-0.25, -0.2) is 0 Å². The number of nitriles is 1. The number of benzene rings is 3. The SMILES string of the molecule is C=CCc1cc(C=C(C#N)c2cccc([N+](=O)[O-])c2)cc(OC)c1OCc1ccc(C)cc1. The third kappa shape index (κ3) is 5.86. The van der Waals surface area contributed by atoms with Crippen LogP contribution >= 0.6 is 0 Å². The molecule has 0 saturated carbocycles. The first-order valence-electron chi connectivity index (χ1n) is 10.3. The van der Waals surface area contributed by atoms with E-state index >= 15 is 0 Å². The maximum Gasteiger partial charge on any atom is 0.270 e. The van der Waals surface area contributed by atoms with Crippen LogP contribution in [-0.2, 0) is 13.0 Å². The molecular formula is C27H24N2O4. The number of rotatable bonds is 9. The van der Waals surface area contributed by atoms with E-state index in [1.54, 1.807) is 37.5 Å². The third-order valence-corrected chi connectivity index (χ3v) is 5.04. The van der Waals surface area contributed by atoms with E-state index in [2.05, 4.69) is 12.6 Å². The molecule has 0 amide bonds. The number of nitro groups is 1. The Morgan fingerprint density at radius 2 is 1.94 bits per heavy atom. The van der Waals surface area contributed by atoms with E-state index in [-0.39, 0.29) is 5.69 Å². The third-order valence-electron chi connectivity index (χ3n) is 5.04. The van der Waals surface area contributed by atoms with Crippen LogP contribution in [-0.4, -0.2) is 12.0 Å². The Labute approximate surface area is 193 Å². The second kappa shape index (κ2) is 10.8. The zero-order valence-electron chi connectivity index (χ0n) is 18.6. The van der Waals surface area contributed by atoms with Crippen molar-refractivity contribution in [2.75, 3.05) is 7.11 Å². The van der Waals surface area contributed by atoms with Crippen LogP contribution in [0.1, 0.15) is 27.8 Å². The highest BCUT2D eigenvalue weighted by Gasteiger charge is 2.14. The van der Waals surface area contributed by atoms with Crippen molar-refractivity contribution in [2.24, 2.45) is 0 Å². The molecule has 0 fully saturated rings. The average molecular weight is 440 g/mol. The molecule has 0 saturated heterocycles. The van der Waals surface area contributed by atoms with E-state index in [1.165, 1.54) is 17.7 Å². The molecule has 0 atom stereocenters. The molecule has 6 heteroatoms. The molecule has 3 aromatic rings. The normalized spacial score (nSPS) is 10.9. The van der Waals surface area contributed by atoms with Crippen molar-refractivity contribution in [2.45, 2.75) is 20.0 Å². The van der Waals surface area contributed by atoms with Crippen LogP contribution in [0, 0.1) is 28.4 Å². The van der Waals surface area contributed by atoms with Crippen molar-refractivity contribution >= 4 is 17.3 Å². The Bertz CT molecular complexity index is 1240. The van der Waals surface area contributed by atoms with Gasteiger partial charge in [-0.1, -0.05) is 48.0 Å². The molecule has 33 heavy (non-hydrogen) atoms. The van der Waals surface area contributed by atoms with Crippen LogP contribution in [0.3, 0.4) is 0 Å². The minimum atomic E-state index is -0.482. The lowest BCUT2D eigenvalue weighted by Gasteiger charge is -2.16. The maximum absolute atomic E-state index is 11.1. The van der Waals surface area contributed by atoms with Gasteiger partial charge in [-0.05, 0) is 48.2 Å². The molecule has 0 aromatic heterocycles. The fourth-order valence-corrected chi connectivity index (χ4v) is 3.36. The summed E-state index contributed by atoms with van der Waals surface area (Å²) < 4.78 is 11.7. The van der Waals surface area contributed by atoms with E-state index < -0.39 is 4.92 Å². The van der Waals surface area contributed by atoms with Crippen molar-refractivity contribution in [3.63, 3.8) is 0 Å². The number of nitrogens with zero attached hydrogens (tertiary/aromatic N) is 2. The van der Waals surface area contributed by atoms with E-state index in [0.29, 0.717) is 35.7 Å². The van der Waals surface area contributed by atoms with Crippen molar-refractivity contribution in [1.29, 1.82) is 5.26 Å². The molecule has 6 nitrogen and oxygen atoms in total. The largest absolute Gasteiger partial charge is 0.493 e. The first-order valence-corrected chi connectivity index (χ1v) is 10.3. The van der Waals surface area contributed by atoms with Gasteiger partial charge in [0.15, 0.2) is 11.5 Å². The van der Waals surface area contributed by atoms with Crippen LogP contribution < -0.4 is 9.47 Å². The zero-order chi connectivity index (χ0) is 23.8. The zero-order valence-corrected chi connectivity index (χ0v) is 18.6. The Hall–Kier alpha value is -4.37. The van der Waals surface area contributed by atoms with Gasteiger partial charge in [0.1, 0.15) is 6.61 Å². The molecule has 166 valence electrons. The van der Waals surface area contributed by atoms with E-state index in [9.17, 15) is 15.4 Å².